The Morgan fingerprint density at radius 1 is 1.50 bits per heavy atom. The summed E-state index contributed by atoms with van der Waals surface area (Å²) < 4.78 is 0. The summed E-state index contributed by atoms with van der Waals surface area (Å²) in [4.78, 5) is 21.1. The molecule has 6 heteroatoms. The number of nitrogens with zero attached hydrogens (tertiary/aromatic N) is 3. The second kappa shape index (κ2) is 6.30. The van der Waals surface area contributed by atoms with Gasteiger partial charge in [0.1, 0.15) is 0 Å². The first kappa shape index (κ1) is 14.4. The first-order valence-electron chi connectivity index (χ1n) is 5.88. The Balaban J connectivity index is 2.69. The number of nitrogens with one attached hydrogen (secondary N) is 1. The zero-order valence-corrected chi connectivity index (χ0v) is 11.3. The fourth-order valence-electron chi connectivity index (χ4n) is 1.49. The molecule has 0 aliphatic carbocycles. The standard InChI is InChI=1S/C12H20N4O2/c1-8(5-6-16(3)4)13-12-14-9(2)7-10(15-12)11(17)18/h7-8H,5-6H2,1-4H3,(H,17,18)(H,13,14,15). The van der Waals surface area contributed by atoms with Gasteiger partial charge >= 0.3 is 5.97 Å². The highest BCUT2D eigenvalue weighted by atomic mass is 16.4. The van der Waals surface area contributed by atoms with Crippen LogP contribution in [0.4, 0.5) is 5.95 Å². The number of rotatable bonds is 6. The molecule has 0 aliphatic rings. The maximum atomic E-state index is 10.9. The van der Waals surface area contributed by atoms with Gasteiger partial charge in [-0.15, -0.1) is 0 Å². The zero-order chi connectivity index (χ0) is 13.7. The Kier molecular flexibility index (Phi) is 5.03. The highest BCUT2D eigenvalue weighted by Gasteiger charge is 2.10. The van der Waals surface area contributed by atoms with Crippen molar-refractivity contribution in [3.63, 3.8) is 0 Å². The fraction of sp³-hybridized carbons (Fsp3) is 0.583. The number of carboxylic acids is 1. The van der Waals surface area contributed by atoms with Crippen molar-refractivity contribution in [1.82, 2.24) is 14.9 Å². The SMILES string of the molecule is Cc1cc(C(=O)O)nc(NC(C)CCN(C)C)n1. The van der Waals surface area contributed by atoms with Crippen LogP contribution < -0.4 is 5.32 Å². The van der Waals surface area contributed by atoms with Crippen molar-refractivity contribution in [2.24, 2.45) is 0 Å². The lowest BCUT2D eigenvalue weighted by atomic mass is 10.2. The molecule has 1 atom stereocenters. The Morgan fingerprint density at radius 2 is 2.17 bits per heavy atom. The highest BCUT2D eigenvalue weighted by Crippen LogP contribution is 2.07. The van der Waals surface area contributed by atoms with Crippen molar-refractivity contribution in [2.45, 2.75) is 26.3 Å². The number of hydrogen-bond acceptors (Lipinski definition) is 5. The fourth-order valence-corrected chi connectivity index (χ4v) is 1.49. The van der Waals surface area contributed by atoms with E-state index < -0.39 is 5.97 Å². The minimum Gasteiger partial charge on any atom is -0.477 e. The summed E-state index contributed by atoms with van der Waals surface area (Å²) in [7, 11) is 4.02. The molecular weight excluding hydrogens is 232 g/mol. The minimum atomic E-state index is -1.04. The minimum absolute atomic E-state index is 0.0183. The third kappa shape index (κ3) is 4.67. The van der Waals surface area contributed by atoms with Gasteiger partial charge in [0.2, 0.25) is 5.95 Å². The molecule has 1 heterocycles. The van der Waals surface area contributed by atoms with Crippen LogP contribution in [-0.4, -0.2) is 52.6 Å². The van der Waals surface area contributed by atoms with Crippen LogP contribution in [0, 0.1) is 6.92 Å². The van der Waals surface area contributed by atoms with E-state index in [2.05, 4.69) is 20.2 Å². The van der Waals surface area contributed by atoms with E-state index in [1.165, 1.54) is 6.07 Å². The Morgan fingerprint density at radius 3 is 2.72 bits per heavy atom. The van der Waals surface area contributed by atoms with Gasteiger partial charge in [-0.05, 0) is 47.0 Å². The number of aromatic nitrogens is 2. The number of aryl methyl sites for hydroxylation is 1. The molecule has 6 nitrogen and oxygen atoms in total. The van der Waals surface area contributed by atoms with Crippen LogP contribution in [0.15, 0.2) is 6.07 Å². The quantitative estimate of drug-likeness (QED) is 0.793. The lowest BCUT2D eigenvalue weighted by molar-refractivity contribution is 0.0690. The van der Waals surface area contributed by atoms with Crippen LogP contribution in [0.3, 0.4) is 0 Å². The molecule has 0 aromatic carbocycles. The van der Waals surface area contributed by atoms with Crippen LogP contribution >= 0.6 is 0 Å². The van der Waals surface area contributed by atoms with Gasteiger partial charge in [-0.25, -0.2) is 14.8 Å². The molecular formula is C12H20N4O2. The molecule has 0 saturated carbocycles. The van der Waals surface area contributed by atoms with Gasteiger partial charge in [0.15, 0.2) is 5.69 Å². The van der Waals surface area contributed by atoms with E-state index >= 15 is 0 Å². The molecule has 0 saturated heterocycles. The summed E-state index contributed by atoms with van der Waals surface area (Å²) in [5, 5.41) is 12.0. The second-order valence-electron chi connectivity index (χ2n) is 4.66. The van der Waals surface area contributed by atoms with Crippen molar-refractivity contribution in [2.75, 3.05) is 26.0 Å². The Hall–Kier alpha value is -1.69. The molecule has 1 rings (SSSR count). The first-order chi connectivity index (χ1) is 8.38. The van der Waals surface area contributed by atoms with E-state index in [0.29, 0.717) is 11.6 Å². The predicted octanol–water partition coefficient (Wildman–Crippen LogP) is 1.24. The summed E-state index contributed by atoms with van der Waals surface area (Å²) in [5.74, 6) is -0.664. The monoisotopic (exact) mass is 252 g/mol. The number of hydrogen-bond donors (Lipinski definition) is 2. The van der Waals surface area contributed by atoms with Gasteiger partial charge in [-0.2, -0.15) is 0 Å². The van der Waals surface area contributed by atoms with Crippen molar-refractivity contribution in [3.05, 3.63) is 17.5 Å². The maximum absolute atomic E-state index is 10.9. The van der Waals surface area contributed by atoms with E-state index in [9.17, 15) is 4.79 Å². The largest absolute Gasteiger partial charge is 0.477 e. The van der Waals surface area contributed by atoms with Gasteiger partial charge in [0, 0.05) is 11.7 Å². The third-order valence-electron chi connectivity index (χ3n) is 2.46. The average molecular weight is 252 g/mol. The molecule has 0 fully saturated rings. The highest BCUT2D eigenvalue weighted by molar-refractivity contribution is 5.85. The van der Waals surface area contributed by atoms with Gasteiger partial charge < -0.3 is 15.3 Å². The average Bonchev–Trinajstić information content (AvgIpc) is 2.25. The molecule has 0 aliphatic heterocycles. The summed E-state index contributed by atoms with van der Waals surface area (Å²) in [6.07, 6.45) is 0.937. The lowest BCUT2D eigenvalue weighted by Gasteiger charge is -2.16. The number of carboxylic acid groups (broad SMARTS) is 1. The predicted molar refractivity (Wildman–Crippen MR) is 70.0 cm³/mol. The number of aromatic carboxylic acids is 1. The Labute approximate surface area is 107 Å². The van der Waals surface area contributed by atoms with Crippen LogP contribution in [0.5, 0.6) is 0 Å². The third-order valence-corrected chi connectivity index (χ3v) is 2.46. The molecule has 0 amide bonds. The Bertz CT molecular complexity index is 421. The molecule has 0 bridgehead atoms. The summed E-state index contributed by atoms with van der Waals surface area (Å²) >= 11 is 0. The first-order valence-corrected chi connectivity index (χ1v) is 5.88. The molecule has 18 heavy (non-hydrogen) atoms. The van der Waals surface area contributed by atoms with Crippen molar-refractivity contribution in [3.8, 4) is 0 Å². The number of anilines is 1. The van der Waals surface area contributed by atoms with Crippen LogP contribution in [0.2, 0.25) is 0 Å². The van der Waals surface area contributed by atoms with Gasteiger partial charge in [-0.3, -0.25) is 0 Å². The smallest absolute Gasteiger partial charge is 0.354 e. The maximum Gasteiger partial charge on any atom is 0.354 e. The molecule has 1 unspecified atom stereocenters. The topological polar surface area (TPSA) is 78.3 Å². The molecule has 1 aromatic heterocycles. The normalized spacial score (nSPS) is 12.5. The van der Waals surface area contributed by atoms with Crippen molar-refractivity contribution < 1.29 is 9.90 Å². The van der Waals surface area contributed by atoms with E-state index in [0.717, 1.165) is 13.0 Å². The van der Waals surface area contributed by atoms with E-state index in [1.807, 2.05) is 21.0 Å². The van der Waals surface area contributed by atoms with Gasteiger partial charge in [0.25, 0.3) is 0 Å². The molecule has 1 aromatic rings. The van der Waals surface area contributed by atoms with Crippen molar-refractivity contribution in [1.29, 1.82) is 0 Å². The van der Waals surface area contributed by atoms with E-state index in [4.69, 9.17) is 5.11 Å². The lowest BCUT2D eigenvalue weighted by Crippen LogP contribution is -2.24. The van der Waals surface area contributed by atoms with Gasteiger partial charge in [0.05, 0.1) is 0 Å². The van der Waals surface area contributed by atoms with Crippen LogP contribution in [0.25, 0.3) is 0 Å². The van der Waals surface area contributed by atoms with E-state index in [-0.39, 0.29) is 11.7 Å². The second-order valence-corrected chi connectivity index (χ2v) is 4.66. The molecule has 100 valence electrons. The van der Waals surface area contributed by atoms with Crippen molar-refractivity contribution >= 4 is 11.9 Å². The summed E-state index contributed by atoms with van der Waals surface area (Å²) in [6, 6.07) is 1.65. The molecule has 0 radical (unpaired) electrons. The molecule has 0 spiro atoms. The van der Waals surface area contributed by atoms with Gasteiger partial charge in [-0.1, -0.05) is 0 Å². The van der Waals surface area contributed by atoms with Crippen LogP contribution in [0.1, 0.15) is 29.5 Å². The summed E-state index contributed by atoms with van der Waals surface area (Å²) in [6.45, 7) is 4.73. The molecule has 2 N–H and O–H groups in total. The van der Waals surface area contributed by atoms with E-state index in [1.54, 1.807) is 6.92 Å². The zero-order valence-electron chi connectivity index (χ0n) is 11.3. The van der Waals surface area contributed by atoms with Crippen LogP contribution in [-0.2, 0) is 0 Å². The summed E-state index contributed by atoms with van der Waals surface area (Å²) in [5.41, 5.74) is 0.662. The number of carbonyl (C=O) groups is 1.